The number of anilines is 4. The Morgan fingerprint density at radius 2 is 1.62 bits per heavy atom. The molecule has 1 amide bonds. The Balaban J connectivity index is 1.77. The summed E-state index contributed by atoms with van der Waals surface area (Å²) in [4.78, 5) is 23.2. The van der Waals surface area contributed by atoms with Crippen molar-refractivity contribution in [3.8, 4) is 0 Å². The first-order valence-corrected chi connectivity index (χ1v) is 8.28. The zero-order valence-electron chi connectivity index (χ0n) is 15.0. The largest absolute Gasteiger partial charge is 0.378 e. The van der Waals surface area contributed by atoms with E-state index in [9.17, 15) is 4.79 Å². The Kier molecular flexibility index (Phi) is 5.12. The van der Waals surface area contributed by atoms with E-state index in [0.717, 1.165) is 17.1 Å². The number of benzene rings is 2. The second-order valence-corrected chi connectivity index (χ2v) is 6.10. The highest BCUT2D eigenvalue weighted by Gasteiger charge is 2.11. The van der Waals surface area contributed by atoms with Gasteiger partial charge < -0.3 is 15.5 Å². The number of aromatic nitrogens is 2. The lowest BCUT2D eigenvalue weighted by Gasteiger charge is -2.13. The molecule has 0 radical (unpaired) electrons. The van der Waals surface area contributed by atoms with E-state index < -0.39 is 0 Å². The molecule has 0 saturated carbocycles. The van der Waals surface area contributed by atoms with Gasteiger partial charge in [0.25, 0.3) is 5.91 Å². The van der Waals surface area contributed by atoms with E-state index in [1.54, 1.807) is 6.07 Å². The van der Waals surface area contributed by atoms with E-state index in [1.165, 1.54) is 0 Å². The molecule has 0 aliphatic carbocycles. The number of carbonyl (C=O) groups is 1. The highest BCUT2D eigenvalue weighted by Crippen LogP contribution is 2.19. The molecule has 0 atom stereocenters. The van der Waals surface area contributed by atoms with Crippen molar-refractivity contribution in [1.29, 1.82) is 0 Å². The molecule has 1 aromatic heterocycles. The van der Waals surface area contributed by atoms with Crippen LogP contribution in [0.1, 0.15) is 16.2 Å². The maximum absolute atomic E-state index is 12.5. The Labute approximate surface area is 152 Å². The van der Waals surface area contributed by atoms with Crippen LogP contribution in [0, 0.1) is 6.92 Å². The number of aryl methyl sites for hydroxylation is 1. The van der Waals surface area contributed by atoms with Crippen molar-refractivity contribution in [2.24, 2.45) is 0 Å². The summed E-state index contributed by atoms with van der Waals surface area (Å²) in [5, 5.41) is 5.98. The van der Waals surface area contributed by atoms with E-state index in [2.05, 4.69) is 20.6 Å². The normalized spacial score (nSPS) is 10.3. The molecular weight excluding hydrogens is 326 g/mol. The molecule has 0 unspecified atom stereocenters. The highest BCUT2D eigenvalue weighted by molar-refractivity contribution is 6.03. The first-order chi connectivity index (χ1) is 12.5. The number of nitrogens with one attached hydrogen (secondary N) is 2. The van der Waals surface area contributed by atoms with Crippen molar-refractivity contribution in [3.05, 3.63) is 72.1 Å². The summed E-state index contributed by atoms with van der Waals surface area (Å²) < 4.78 is 0. The minimum absolute atomic E-state index is 0.271. The number of hydrogen-bond donors (Lipinski definition) is 2. The molecule has 1 heterocycles. The molecule has 132 valence electrons. The first-order valence-electron chi connectivity index (χ1n) is 8.28. The van der Waals surface area contributed by atoms with Crippen molar-refractivity contribution in [1.82, 2.24) is 9.97 Å². The molecule has 26 heavy (non-hydrogen) atoms. The number of carbonyl (C=O) groups excluding carboxylic acids is 1. The second-order valence-electron chi connectivity index (χ2n) is 6.10. The molecule has 3 aromatic rings. The molecule has 2 aromatic carbocycles. The lowest BCUT2D eigenvalue weighted by molar-refractivity contribution is 0.102. The highest BCUT2D eigenvalue weighted by atomic mass is 16.1. The van der Waals surface area contributed by atoms with E-state index in [0.29, 0.717) is 17.3 Å². The van der Waals surface area contributed by atoms with Gasteiger partial charge in [0.15, 0.2) is 0 Å². The van der Waals surface area contributed by atoms with Crippen LogP contribution in [0.25, 0.3) is 0 Å². The van der Waals surface area contributed by atoms with Gasteiger partial charge in [0, 0.05) is 36.9 Å². The lowest BCUT2D eigenvalue weighted by atomic mass is 10.2. The number of hydrogen-bond acceptors (Lipinski definition) is 5. The predicted molar refractivity (Wildman–Crippen MR) is 105 cm³/mol. The third kappa shape index (κ3) is 4.36. The Hall–Kier alpha value is -3.41. The molecule has 0 fully saturated rings. The van der Waals surface area contributed by atoms with Crippen molar-refractivity contribution in [3.63, 3.8) is 0 Å². The molecule has 3 rings (SSSR count). The van der Waals surface area contributed by atoms with Gasteiger partial charge in [0.1, 0.15) is 5.69 Å². The van der Waals surface area contributed by atoms with Gasteiger partial charge in [-0.05, 0) is 49.4 Å². The van der Waals surface area contributed by atoms with Crippen LogP contribution in [0.4, 0.5) is 23.0 Å². The van der Waals surface area contributed by atoms with Crippen LogP contribution in [0.5, 0.6) is 0 Å². The van der Waals surface area contributed by atoms with E-state index in [4.69, 9.17) is 0 Å². The number of rotatable bonds is 5. The van der Waals surface area contributed by atoms with Gasteiger partial charge in [-0.1, -0.05) is 18.2 Å². The fourth-order valence-corrected chi connectivity index (χ4v) is 2.43. The van der Waals surface area contributed by atoms with Crippen LogP contribution in [0.15, 0.2) is 60.7 Å². The standard InChI is InChI=1S/C20H21N5O/c1-14-13-18(19(26)22-15-7-5-4-6-8-15)24-20(21-14)23-16-9-11-17(12-10-16)25(2)3/h4-13H,1-3H3,(H,22,26)(H,21,23,24). The maximum atomic E-state index is 12.5. The Morgan fingerprint density at radius 1 is 0.923 bits per heavy atom. The third-order valence-corrected chi connectivity index (χ3v) is 3.76. The lowest BCUT2D eigenvalue weighted by Crippen LogP contribution is -2.15. The van der Waals surface area contributed by atoms with Crippen LogP contribution in [-0.2, 0) is 0 Å². The van der Waals surface area contributed by atoms with E-state index in [1.807, 2.05) is 80.5 Å². The molecule has 6 heteroatoms. The summed E-state index contributed by atoms with van der Waals surface area (Å²) >= 11 is 0. The maximum Gasteiger partial charge on any atom is 0.274 e. The quantitative estimate of drug-likeness (QED) is 0.734. The van der Waals surface area contributed by atoms with Crippen LogP contribution in [-0.4, -0.2) is 30.0 Å². The summed E-state index contributed by atoms with van der Waals surface area (Å²) in [5.74, 6) is 0.119. The Bertz CT molecular complexity index is 892. The minimum atomic E-state index is -0.271. The molecule has 0 bridgehead atoms. The second kappa shape index (κ2) is 7.65. The Morgan fingerprint density at radius 3 is 2.27 bits per heavy atom. The average Bonchev–Trinajstić information content (AvgIpc) is 2.62. The summed E-state index contributed by atoms with van der Waals surface area (Å²) in [6, 6.07) is 18.9. The van der Waals surface area contributed by atoms with Crippen molar-refractivity contribution < 1.29 is 4.79 Å². The van der Waals surface area contributed by atoms with Crippen LogP contribution in [0.3, 0.4) is 0 Å². The molecule has 0 spiro atoms. The van der Waals surface area contributed by atoms with Crippen molar-refractivity contribution >= 4 is 28.9 Å². The molecular formula is C20H21N5O. The molecule has 2 N–H and O–H groups in total. The smallest absolute Gasteiger partial charge is 0.274 e. The third-order valence-electron chi connectivity index (χ3n) is 3.76. The van der Waals surface area contributed by atoms with Gasteiger partial charge in [0.05, 0.1) is 0 Å². The van der Waals surface area contributed by atoms with Crippen molar-refractivity contribution in [2.45, 2.75) is 6.92 Å². The molecule has 6 nitrogen and oxygen atoms in total. The first kappa shape index (κ1) is 17.4. The monoisotopic (exact) mass is 347 g/mol. The molecule has 0 aliphatic heterocycles. The van der Waals surface area contributed by atoms with Gasteiger partial charge in [-0.15, -0.1) is 0 Å². The van der Waals surface area contributed by atoms with Crippen molar-refractivity contribution in [2.75, 3.05) is 29.6 Å². The van der Waals surface area contributed by atoms with Gasteiger partial charge in [-0.3, -0.25) is 4.79 Å². The zero-order chi connectivity index (χ0) is 18.5. The number of amides is 1. The van der Waals surface area contributed by atoms with Gasteiger partial charge in [0.2, 0.25) is 5.95 Å². The summed E-state index contributed by atoms with van der Waals surface area (Å²) in [5.41, 5.74) is 3.71. The van der Waals surface area contributed by atoms with Gasteiger partial charge in [-0.2, -0.15) is 0 Å². The summed E-state index contributed by atoms with van der Waals surface area (Å²) in [6.45, 7) is 1.83. The topological polar surface area (TPSA) is 70.2 Å². The summed E-state index contributed by atoms with van der Waals surface area (Å²) in [6.07, 6.45) is 0. The van der Waals surface area contributed by atoms with Gasteiger partial charge >= 0.3 is 0 Å². The number of para-hydroxylation sites is 1. The van der Waals surface area contributed by atoms with Crippen LogP contribution < -0.4 is 15.5 Å². The van der Waals surface area contributed by atoms with Crippen LogP contribution >= 0.6 is 0 Å². The fourth-order valence-electron chi connectivity index (χ4n) is 2.43. The van der Waals surface area contributed by atoms with E-state index in [-0.39, 0.29) is 5.91 Å². The summed E-state index contributed by atoms with van der Waals surface area (Å²) in [7, 11) is 3.98. The minimum Gasteiger partial charge on any atom is -0.378 e. The van der Waals surface area contributed by atoms with E-state index >= 15 is 0 Å². The van der Waals surface area contributed by atoms with Gasteiger partial charge in [-0.25, -0.2) is 9.97 Å². The predicted octanol–water partition coefficient (Wildman–Crippen LogP) is 3.85. The van der Waals surface area contributed by atoms with Crippen LogP contribution in [0.2, 0.25) is 0 Å². The fraction of sp³-hybridized carbons (Fsp3) is 0.150. The number of nitrogens with zero attached hydrogens (tertiary/aromatic N) is 3. The average molecular weight is 347 g/mol. The zero-order valence-corrected chi connectivity index (χ0v) is 15.0. The SMILES string of the molecule is Cc1cc(C(=O)Nc2ccccc2)nc(Nc2ccc(N(C)C)cc2)n1. The molecule has 0 saturated heterocycles. The molecule has 0 aliphatic rings.